The molecule has 0 spiro atoms. The van der Waals surface area contributed by atoms with Crippen molar-refractivity contribution in [2.45, 2.75) is 18.2 Å². The van der Waals surface area contributed by atoms with Crippen LogP contribution < -0.4 is 9.64 Å². The molecule has 1 aromatic heterocycles. The second-order valence-electron chi connectivity index (χ2n) is 6.99. The van der Waals surface area contributed by atoms with Gasteiger partial charge in [-0.1, -0.05) is 6.07 Å². The molecule has 11 heteroatoms. The number of imidazole rings is 1. The van der Waals surface area contributed by atoms with E-state index in [-0.39, 0.29) is 18.0 Å². The first-order valence-electron chi connectivity index (χ1n) is 9.19. The molecule has 0 amide bonds. The number of hydrogen-bond donors (Lipinski definition) is 1. The van der Waals surface area contributed by atoms with Crippen LogP contribution in [0, 0.1) is 6.92 Å². The minimum Gasteiger partial charge on any atom is -0.406 e. The van der Waals surface area contributed by atoms with Gasteiger partial charge >= 0.3 is 6.36 Å². The van der Waals surface area contributed by atoms with Crippen LogP contribution in [-0.4, -0.2) is 55.2 Å². The lowest BCUT2D eigenvalue weighted by atomic mass is 10.2. The van der Waals surface area contributed by atoms with Gasteiger partial charge in [-0.2, -0.15) is 4.31 Å². The van der Waals surface area contributed by atoms with Crippen LogP contribution in [0.2, 0.25) is 0 Å². The predicted octanol–water partition coefficient (Wildman–Crippen LogP) is 3.28. The predicted molar refractivity (Wildman–Crippen MR) is 105 cm³/mol. The molecule has 0 radical (unpaired) electrons. The van der Waals surface area contributed by atoms with Crippen LogP contribution in [0.25, 0.3) is 11.0 Å². The van der Waals surface area contributed by atoms with Gasteiger partial charge in [0.1, 0.15) is 5.75 Å². The highest BCUT2D eigenvalue weighted by Gasteiger charge is 2.32. The quantitative estimate of drug-likeness (QED) is 0.674. The van der Waals surface area contributed by atoms with E-state index in [0.717, 1.165) is 40.9 Å². The molecular weight excluding hydrogens is 421 g/mol. The molecule has 1 N–H and O–H groups in total. The molecule has 30 heavy (non-hydrogen) atoms. The van der Waals surface area contributed by atoms with Gasteiger partial charge in [0.05, 0.1) is 15.9 Å². The Morgan fingerprint density at radius 2 is 1.70 bits per heavy atom. The number of aromatic nitrogens is 2. The Morgan fingerprint density at radius 1 is 1.03 bits per heavy atom. The molecule has 0 unspecified atom stereocenters. The second kappa shape index (κ2) is 7.47. The van der Waals surface area contributed by atoms with E-state index in [9.17, 15) is 21.6 Å². The summed E-state index contributed by atoms with van der Waals surface area (Å²) in [5.41, 5.74) is 2.87. The highest BCUT2D eigenvalue weighted by Crippen LogP contribution is 2.26. The highest BCUT2D eigenvalue weighted by atomic mass is 32.2. The molecule has 0 bridgehead atoms. The van der Waals surface area contributed by atoms with Crippen LogP contribution >= 0.6 is 0 Å². The van der Waals surface area contributed by atoms with Gasteiger partial charge in [-0.25, -0.2) is 13.4 Å². The number of nitrogens with zero attached hydrogens (tertiary/aromatic N) is 3. The summed E-state index contributed by atoms with van der Waals surface area (Å²) in [5, 5.41) is 0. The number of aryl methyl sites for hydroxylation is 1. The summed E-state index contributed by atoms with van der Waals surface area (Å²) in [6.07, 6.45) is -4.83. The molecule has 2 aromatic carbocycles. The lowest BCUT2D eigenvalue weighted by Crippen LogP contribution is -2.49. The Balaban J connectivity index is 1.44. The fourth-order valence-corrected chi connectivity index (χ4v) is 4.78. The Bertz CT molecular complexity index is 1150. The number of sulfonamides is 1. The van der Waals surface area contributed by atoms with E-state index in [1.807, 2.05) is 30.0 Å². The van der Waals surface area contributed by atoms with E-state index in [1.165, 1.54) is 4.31 Å². The topological polar surface area (TPSA) is 78.5 Å². The third kappa shape index (κ3) is 4.21. The van der Waals surface area contributed by atoms with Crippen molar-refractivity contribution in [3.05, 3.63) is 48.0 Å². The minimum atomic E-state index is -4.83. The number of H-pyrrole nitrogens is 1. The highest BCUT2D eigenvalue weighted by molar-refractivity contribution is 7.89. The SMILES string of the molecule is Cc1ccc2nc(N3CCN(S(=O)(=O)c4ccc(OC(F)(F)F)cc4)CC3)[nH]c2c1. The van der Waals surface area contributed by atoms with Crippen LogP contribution in [-0.2, 0) is 10.0 Å². The summed E-state index contributed by atoms with van der Waals surface area (Å²) < 4.78 is 67.6. The van der Waals surface area contributed by atoms with Crippen LogP contribution in [0.5, 0.6) is 5.75 Å². The molecule has 1 fully saturated rings. The van der Waals surface area contributed by atoms with E-state index in [1.54, 1.807) is 0 Å². The van der Waals surface area contributed by atoms with Gasteiger partial charge in [0.15, 0.2) is 0 Å². The summed E-state index contributed by atoms with van der Waals surface area (Å²) in [6.45, 7) is 3.34. The van der Waals surface area contributed by atoms with Crippen LogP contribution in [0.15, 0.2) is 47.4 Å². The lowest BCUT2D eigenvalue weighted by molar-refractivity contribution is -0.274. The number of alkyl halides is 3. The maximum absolute atomic E-state index is 12.8. The van der Waals surface area contributed by atoms with Crippen LogP contribution in [0.1, 0.15) is 5.56 Å². The van der Waals surface area contributed by atoms with Gasteiger partial charge in [0.2, 0.25) is 16.0 Å². The first-order valence-corrected chi connectivity index (χ1v) is 10.6. The average molecular weight is 440 g/mol. The van der Waals surface area contributed by atoms with Gasteiger partial charge in [-0.15, -0.1) is 13.2 Å². The van der Waals surface area contributed by atoms with Crippen LogP contribution in [0.3, 0.4) is 0 Å². The number of rotatable bonds is 4. The van der Waals surface area contributed by atoms with Crippen molar-refractivity contribution in [2.24, 2.45) is 0 Å². The number of ether oxygens (including phenoxy) is 1. The number of piperazine rings is 1. The second-order valence-corrected chi connectivity index (χ2v) is 8.93. The van der Waals surface area contributed by atoms with Gasteiger partial charge in [0, 0.05) is 26.2 Å². The minimum absolute atomic E-state index is 0.0790. The number of anilines is 1. The number of hydrogen-bond acceptors (Lipinski definition) is 5. The maximum atomic E-state index is 12.8. The van der Waals surface area contributed by atoms with E-state index < -0.39 is 22.1 Å². The smallest absolute Gasteiger partial charge is 0.406 e. The number of benzene rings is 2. The summed E-state index contributed by atoms with van der Waals surface area (Å²) >= 11 is 0. The Kier molecular flexibility index (Phi) is 5.10. The lowest BCUT2D eigenvalue weighted by Gasteiger charge is -2.33. The normalized spacial score (nSPS) is 16.2. The van der Waals surface area contributed by atoms with Crippen molar-refractivity contribution in [2.75, 3.05) is 31.1 Å². The van der Waals surface area contributed by atoms with Crippen molar-refractivity contribution in [1.29, 1.82) is 0 Å². The van der Waals surface area contributed by atoms with Crippen molar-refractivity contribution in [1.82, 2.24) is 14.3 Å². The summed E-state index contributed by atoms with van der Waals surface area (Å²) in [6, 6.07) is 10.1. The fraction of sp³-hybridized carbons (Fsp3) is 0.316. The molecule has 1 aliphatic heterocycles. The molecule has 0 saturated carbocycles. The number of fused-ring (bicyclic) bond motifs is 1. The molecule has 3 aromatic rings. The zero-order chi connectivity index (χ0) is 21.5. The molecule has 7 nitrogen and oxygen atoms in total. The molecular formula is C19H19F3N4O3S. The van der Waals surface area contributed by atoms with Crippen LogP contribution in [0.4, 0.5) is 19.1 Å². The molecule has 1 saturated heterocycles. The fourth-order valence-electron chi connectivity index (χ4n) is 3.36. The third-order valence-corrected chi connectivity index (χ3v) is 6.77. The first kappa shape index (κ1) is 20.5. The molecule has 0 atom stereocenters. The Labute approximate surface area is 171 Å². The molecule has 160 valence electrons. The summed E-state index contributed by atoms with van der Waals surface area (Å²) in [5.74, 6) is 0.215. The zero-order valence-corrected chi connectivity index (χ0v) is 16.8. The third-order valence-electron chi connectivity index (χ3n) is 4.86. The van der Waals surface area contributed by atoms with Crippen molar-refractivity contribution in [3.63, 3.8) is 0 Å². The zero-order valence-electron chi connectivity index (χ0n) is 16.0. The summed E-state index contributed by atoms with van der Waals surface area (Å²) in [4.78, 5) is 9.71. The average Bonchev–Trinajstić information content (AvgIpc) is 3.10. The van der Waals surface area contributed by atoms with E-state index in [4.69, 9.17) is 0 Å². The van der Waals surface area contributed by atoms with Crippen molar-refractivity contribution < 1.29 is 26.3 Å². The van der Waals surface area contributed by atoms with Gasteiger partial charge in [0.25, 0.3) is 0 Å². The van der Waals surface area contributed by atoms with E-state index in [0.29, 0.717) is 19.0 Å². The largest absolute Gasteiger partial charge is 0.573 e. The molecule has 2 heterocycles. The monoisotopic (exact) mass is 440 g/mol. The molecule has 1 aliphatic rings. The van der Waals surface area contributed by atoms with Gasteiger partial charge < -0.3 is 14.6 Å². The number of halogens is 3. The summed E-state index contributed by atoms with van der Waals surface area (Å²) in [7, 11) is -3.82. The van der Waals surface area contributed by atoms with Crippen molar-refractivity contribution in [3.8, 4) is 5.75 Å². The molecule has 0 aliphatic carbocycles. The number of aromatic amines is 1. The van der Waals surface area contributed by atoms with Crippen molar-refractivity contribution >= 4 is 27.0 Å². The Hall–Kier alpha value is -2.79. The van der Waals surface area contributed by atoms with E-state index in [2.05, 4.69) is 14.7 Å². The standard InChI is InChI=1S/C19H19F3N4O3S/c1-13-2-7-16-17(12-13)24-18(23-16)25-8-10-26(11-9-25)30(27,28)15-5-3-14(4-6-15)29-19(20,21)22/h2-7,12H,8-11H2,1H3,(H,23,24). The van der Waals surface area contributed by atoms with Gasteiger partial charge in [-0.3, -0.25) is 0 Å². The van der Waals surface area contributed by atoms with Gasteiger partial charge in [-0.05, 0) is 48.9 Å². The van der Waals surface area contributed by atoms with E-state index >= 15 is 0 Å². The first-order chi connectivity index (χ1) is 14.1. The number of nitrogens with one attached hydrogen (secondary N) is 1. The Morgan fingerprint density at radius 3 is 2.33 bits per heavy atom. The molecule has 4 rings (SSSR count). The maximum Gasteiger partial charge on any atom is 0.573 e.